The van der Waals surface area contributed by atoms with Gasteiger partial charge in [-0.3, -0.25) is 24.1 Å². The molecule has 4 rings (SSSR count). The molecule has 11 heteroatoms. The molecule has 2 saturated heterocycles. The number of aliphatic hydroxyl groups is 1. The quantitative estimate of drug-likeness (QED) is 0.405. The molecule has 0 spiro atoms. The van der Waals surface area contributed by atoms with Crippen LogP contribution in [0.5, 0.6) is 0 Å². The zero-order valence-corrected chi connectivity index (χ0v) is 24.8. The lowest BCUT2D eigenvalue weighted by Crippen LogP contribution is -2.58. The molecule has 222 valence electrons. The van der Waals surface area contributed by atoms with Crippen LogP contribution in [0.4, 0.5) is 0 Å². The average Bonchev–Trinajstić information content (AvgIpc) is 3.55. The van der Waals surface area contributed by atoms with Crippen molar-refractivity contribution in [3.63, 3.8) is 0 Å². The Labute approximate surface area is 245 Å². The minimum Gasteiger partial charge on any atom is -0.391 e. The van der Waals surface area contributed by atoms with Gasteiger partial charge in [-0.25, -0.2) is 0 Å². The van der Waals surface area contributed by atoms with Crippen LogP contribution in [-0.4, -0.2) is 88.9 Å². The van der Waals surface area contributed by atoms with Gasteiger partial charge in [0.2, 0.25) is 23.6 Å². The summed E-state index contributed by atoms with van der Waals surface area (Å²) < 4.78 is 0. The number of carbonyl (C=O) groups is 4. The van der Waals surface area contributed by atoms with Gasteiger partial charge in [-0.15, -0.1) is 11.3 Å². The summed E-state index contributed by atoms with van der Waals surface area (Å²) in [6.45, 7) is 7.10. The van der Waals surface area contributed by atoms with E-state index in [1.807, 2.05) is 68.1 Å². The Morgan fingerprint density at radius 1 is 1.05 bits per heavy atom. The highest BCUT2D eigenvalue weighted by atomic mass is 32.1. The number of aliphatic hydroxyl groups excluding tert-OH is 1. The SMILES string of the molecule is CC[C@H](C)[C@@H]1NC(=O)CN(Cc2ccc(C)s2)CCNC(=O)[C@H](Cc2ccccc2)NC(=O)[C@@H]2C[C@@H](O)CN2C1=O. The fraction of sp³-hybridized carbons (Fsp3) is 0.533. The van der Waals surface area contributed by atoms with E-state index in [9.17, 15) is 24.3 Å². The number of hydrogen-bond acceptors (Lipinski definition) is 7. The van der Waals surface area contributed by atoms with E-state index in [0.717, 1.165) is 10.4 Å². The van der Waals surface area contributed by atoms with Crippen molar-refractivity contribution in [2.75, 3.05) is 26.2 Å². The number of fused-ring (bicyclic) bond motifs is 1. The Morgan fingerprint density at radius 3 is 2.49 bits per heavy atom. The number of carbonyl (C=O) groups excluding carboxylic acids is 4. The van der Waals surface area contributed by atoms with Crippen LogP contribution in [0, 0.1) is 12.8 Å². The normalized spacial score (nSPS) is 25.9. The fourth-order valence-corrected chi connectivity index (χ4v) is 6.31. The van der Waals surface area contributed by atoms with Crippen LogP contribution < -0.4 is 16.0 Å². The van der Waals surface area contributed by atoms with Crippen LogP contribution in [-0.2, 0) is 32.1 Å². The molecule has 0 radical (unpaired) electrons. The Kier molecular flexibility index (Phi) is 10.5. The van der Waals surface area contributed by atoms with Gasteiger partial charge in [0.05, 0.1) is 12.6 Å². The van der Waals surface area contributed by atoms with Crippen LogP contribution in [0.3, 0.4) is 0 Å². The van der Waals surface area contributed by atoms with Gasteiger partial charge in [0.1, 0.15) is 18.1 Å². The highest BCUT2D eigenvalue weighted by molar-refractivity contribution is 7.11. The van der Waals surface area contributed by atoms with Gasteiger partial charge in [-0.2, -0.15) is 0 Å². The van der Waals surface area contributed by atoms with Crippen molar-refractivity contribution in [1.29, 1.82) is 0 Å². The second-order valence-electron chi connectivity index (χ2n) is 11.1. The van der Waals surface area contributed by atoms with Crippen LogP contribution >= 0.6 is 11.3 Å². The lowest BCUT2D eigenvalue weighted by molar-refractivity contribution is -0.143. The van der Waals surface area contributed by atoms with Crippen molar-refractivity contribution < 1.29 is 24.3 Å². The summed E-state index contributed by atoms with van der Waals surface area (Å²) in [4.78, 5) is 59.7. The monoisotopic (exact) mass is 583 g/mol. The molecular weight excluding hydrogens is 542 g/mol. The molecule has 2 aliphatic heterocycles. The van der Waals surface area contributed by atoms with Gasteiger partial charge in [-0.05, 0) is 30.5 Å². The third-order valence-electron chi connectivity index (χ3n) is 7.85. The van der Waals surface area contributed by atoms with Crippen LogP contribution in [0.2, 0.25) is 0 Å². The number of hydrogen-bond donors (Lipinski definition) is 4. The minimum atomic E-state index is -0.948. The number of thiophene rings is 1. The van der Waals surface area contributed by atoms with E-state index < -0.39 is 36.0 Å². The maximum Gasteiger partial charge on any atom is 0.246 e. The molecule has 2 fully saturated rings. The van der Waals surface area contributed by atoms with Gasteiger partial charge in [-0.1, -0.05) is 50.6 Å². The fourth-order valence-electron chi connectivity index (χ4n) is 5.38. The largest absolute Gasteiger partial charge is 0.391 e. The molecule has 0 saturated carbocycles. The van der Waals surface area contributed by atoms with Crippen molar-refractivity contribution in [1.82, 2.24) is 25.8 Å². The van der Waals surface area contributed by atoms with E-state index in [2.05, 4.69) is 16.0 Å². The Bertz CT molecular complexity index is 1220. The van der Waals surface area contributed by atoms with Crippen LogP contribution in [0.1, 0.15) is 42.0 Å². The first-order valence-corrected chi connectivity index (χ1v) is 15.1. The number of aryl methyl sites for hydroxylation is 1. The maximum absolute atomic E-state index is 13.8. The van der Waals surface area contributed by atoms with Gasteiger partial charge in [0.15, 0.2) is 0 Å². The van der Waals surface area contributed by atoms with Gasteiger partial charge in [0.25, 0.3) is 0 Å². The number of nitrogens with zero attached hydrogens (tertiary/aromatic N) is 2. The van der Waals surface area contributed by atoms with E-state index in [-0.39, 0.29) is 50.2 Å². The summed E-state index contributed by atoms with van der Waals surface area (Å²) >= 11 is 1.65. The van der Waals surface area contributed by atoms with Crippen molar-refractivity contribution in [2.45, 2.75) is 70.8 Å². The lowest BCUT2D eigenvalue weighted by atomic mass is 9.97. The minimum absolute atomic E-state index is 0.0148. The average molecular weight is 584 g/mol. The third-order valence-corrected chi connectivity index (χ3v) is 8.83. The molecule has 3 heterocycles. The van der Waals surface area contributed by atoms with E-state index in [1.165, 1.54) is 9.78 Å². The zero-order chi connectivity index (χ0) is 29.5. The molecule has 2 aromatic rings. The number of nitrogens with one attached hydrogen (secondary N) is 3. The van der Waals surface area contributed by atoms with Crippen molar-refractivity contribution in [2.24, 2.45) is 5.92 Å². The Hall–Kier alpha value is -3.28. The first kappa shape index (κ1) is 30.7. The van der Waals surface area contributed by atoms with Gasteiger partial charge >= 0.3 is 0 Å². The summed E-state index contributed by atoms with van der Waals surface area (Å²) in [5.74, 6) is -1.73. The highest BCUT2D eigenvalue weighted by Gasteiger charge is 2.43. The van der Waals surface area contributed by atoms with Gasteiger partial charge < -0.3 is 26.0 Å². The second kappa shape index (κ2) is 14.1. The van der Waals surface area contributed by atoms with Crippen molar-refractivity contribution in [3.05, 3.63) is 57.8 Å². The topological polar surface area (TPSA) is 131 Å². The van der Waals surface area contributed by atoms with E-state index in [1.54, 1.807) is 11.3 Å². The lowest BCUT2D eigenvalue weighted by Gasteiger charge is -2.32. The first-order chi connectivity index (χ1) is 19.6. The smallest absolute Gasteiger partial charge is 0.246 e. The molecule has 10 nitrogen and oxygen atoms in total. The molecule has 0 bridgehead atoms. The Balaban J connectivity index is 1.64. The maximum atomic E-state index is 13.8. The summed E-state index contributed by atoms with van der Waals surface area (Å²) in [7, 11) is 0. The van der Waals surface area contributed by atoms with E-state index >= 15 is 0 Å². The molecule has 41 heavy (non-hydrogen) atoms. The molecule has 5 atom stereocenters. The van der Waals surface area contributed by atoms with E-state index in [0.29, 0.717) is 19.5 Å². The molecule has 1 aromatic heterocycles. The summed E-state index contributed by atoms with van der Waals surface area (Å²) in [6, 6.07) is 10.8. The van der Waals surface area contributed by atoms with Crippen LogP contribution in [0.25, 0.3) is 0 Å². The number of rotatable bonds is 6. The predicted molar refractivity (Wildman–Crippen MR) is 157 cm³/mol. The molecule has 0 unspecified atom stereocenters. The van der Waals surface area contributed by atoms with Crippen LogP contribution in [0.15, 0.2) is 42.5 Å². The molecule has 1 aromatic carbocycles. The molecule has 0 aliphatic carbocycles. The predicted octanol–water partition coefficient (Wildman–Crippen LogP) is 1.21. The van der Waals surface area contributed by atoms with Crippen molar-refractivity contribution in [3.8, 4) is 0 Å². The number of benzene rings is 1. The number of amides is 4. The molecular formula is C30H41N5O5S. The first-order valence-electron chi connectivity index (χ1n) is 14.3. The van der Waals surface area contributed by atoms with Gasteiger partial charge in [0, 0.05) is 48.8 Å². The van der Waals surface area contributed by atoms with E-state index in [4.69, 9.17) is 0 Å². The summed E-state index contributed by atoms with van der Waals surface area (Å²) in [6.07, 6.45) is 0.0922. The second-order valence-corrected chi connectivity index (χ2v) is 12.5. The zero-order valence-electron chi connectivity index (χ0n) is 24.0. The molecule has 4 amide bonds. The third kappa shape index (κ3) is 8.15. The standard InChI is InChI=1S/C30H41N5O5S/c1-4-19(2)27-30(40)35-16-22(36)15-25(35)29(39)32-24(14-21-8-6-5-7-9-21)28(38)31-12-13-34(18-26(37)33-27)17-23-11-10-20(3)41-23/h5-11,19,22,24-25,27,36H,4,12-18H2,1-3H3,(H,31,38)(H,32,39)(H,33,37)/t19-,22+,24-,25-,27-/m0/s1. The van der Waals surface area contributed by atoms with Crippen molar-refractivity contribution >= 4 is 35.0 Å². The highest BCUT2D eigenvalue weighted by Crippen LogP contribution is 2.23. The molecule has 4 N–H and O–H groups in total. The summed E-state index contributed by atoms with van der Waals surface area (Å²) in [5.41, 5.74) is 0.881. The Morgan fingerprint density at radius 2 is 1.80 bits per heavy atom. The summed E-state index contributed by atoms with van der Waals surface area (Å²) in [5, 5.41) is 19.2. The molecule has 2 aliphatic rings.